The highest BCUT2D eigenvalue weighted by Gasteiger charge is 2.18. The van der Waals surface area contributed by atoms with E-state index in [4.69, 9.17) is 14.9 Å². The fourth-order valence-electron chi connectivity index (χ4n) is 4.27. The number of aryl methyl sites for hydroxylation is 1. The molecule has 0 bridgehead atoms. The van der Waals surface area contributed by atoms with Crippen molar-refractivity contribution in [2.24, 2.45) is 7.05 Å². The first-order valence-electron chi connectivity index (χ1n) is 12.5. The van der Waals surface area contributed by atoms with Crippen LogP contribution < -0.4 is 20.9 Å². The van der Waals surface area contributed by atoms with E-state index in [0.717, 1.165) is 55.9 Å². The fourth-order valence-corrected chi connectivity index (χ4v) is 4.27. The second-order valence-electron chi connectivity index (χ2n) is 8.96. The molecule has 3 aromatic rings. The van der Waals surface area contributed by atoms with Crippen molar-refractivity contribution < 1.29 is 24.5 Å². The summed E-state index contributed by atoms with van der Waals surface area (Å²) in [4.78, 5) is 47.5. The Bertz CT molecular complexity index is 1420. The Hall–Kier alpha value is -4.45. The molecule has 0 unspecified atom stereocenters. The van der Waals surface area contributed by atoms with E-state index in [0.29, 0.717) is 18.7 Å². The molecule has 0 saturated carbocycles. The number of methoxy groups -OCH3 is 1. The number of hydrogen-bond donors (Lipinski definition) is 2. The van der Waals surface area contributed by atoms with Gasteiger partial charge in [-0.15, -0.1) is 0 Å². The molecule has 39 heavy (non-hydrogen) atoms. The average Bonchev–Trinajstić information content (AvgIpc) is 2.94. The molecule has 1 aromatic heterocycles. The van der Waals surface area contributed by atoms with Gasteiger partial charge < -0.3 is 19.8 Å². The highest BCUT2D eigenvalue weighted by atomic mass is 16.5. The first-order valence-corrected chi connectivity index (χ1v) is 12.5. The van der Waals surface area contributed by atoms with Crippen molar-refractivity contribution in [3.8, 4) is 5.75 Å². The third-order valence-corrected chi connectivity index (χ3v) is 6.39. The zero-order chi connectivity index (χ0) is 28.4. The Morgan fingerprint density at radius 1 is 0.974 bits per heavy atom. The van der Waals surface area contributed by atoms with Crippen molar-refractivity contribution in [2.45, 2.75) is 19.4 Å². The van der Waals surface area contributed by atoms with Gasteiger partial charge in [0.15, 0.2) is 0 Å². The lowest BCUT2D eigenvalue weighted by molar-refractivity contribution is -0.134. The summed E-state index contributed by atoms with van der Waals surface area (Å²) in [6, 6.07) is 12.7. The number of benzene rings is 2. The SMILES string of the molecule is COc1ccc2cccc(N3CCN(CCCCn4ncc(=O)n(C)c4=O)CC3)c2c1.O=C(O)/C=C/C(=O)O. The molecule has 0 amide bonds. The predicted octanol–water partition coefficient (Wildman–Crippen LogP) is 1.42. The van der Waals surface area contributed by atoms with E-state index in [9.17, 15) is 19.2 Å². The maximum atomic E-state index is 12.0. The Morgan fingerprint density at radius 3 is 2.28 bits per heavy atom. The smallest absolute Gasteiger partial charge is 0.347 e. The standard InChI is InChI=1S/C23H29N5O3.C4H4O4/c1-25-22(29)17-24-28(23(25)30)11-4-3-10-26-12-14-27(15-13-26)21-7-5-6-18-8-9-19(31-2)16-20(18)21;5-3(6)1-2-4(7)8/h5-9,16-17H,3-4,10-15H2,1-2H3;1-2H,(H,5,6)(H,7,8)/b;2-1+. The number of carboxylic acid groups (broad SMARTS) is 2. The summed E-state index contributed by atoms with van der Waals surface area (Å²) in [7, 11) is 3.18. The van der Waals surface area contributed by atoms with E-state index in [-0.39, 0.29) is 11.2 Å². The van der Waals surface area contributed by atoms with E-state index in [2.05, 4.69) is 45.2 Å². The van der Waals surface area contributed by atoms with Crippen LogP contribution in [0, 0.1) is 0 Å². The first-order chi connectivity index (χ1) is 18.7. The van der Waals surface area contributed by atoms with Crippen molar-refractivity contribution in [1.29, 1.82) is 0 Å². The Morgan fingerprint density at radius 2 is 1.64 bits per heavy atom. The lowest BCUT2D eigenvalue weighted by atomic mass is 10.1. The molecule has 4 rings (SSSR count). The highest BCUT2D eigenvalue weighted by Crippen LogP contribution is 2.30. The summed E-state index contributed by atoms with van der Waals surface area (Å²) in [6.45, 7) is 5.52. The van der Waals surface area contributed by atoms with Crippen LogP contribution in [0.25, 0.3) is 10.8 Å². The molecule has 12 heteroatoms. The van der Waals surface area contributed by atoms with E-state index >= 15 is 0 Å². The van der Waals surface area contributed by atoms with Crippen molar-refractivity contribution in [3.63, 3.8) is 0 Å². The molecule has 208 valence electrons. The van der Waals surface area contributed by atoms with E-state index in [1.54, 1.807) is 7.11 Å². The van der Waals surface area contributed by atoms with Crippen molar-refractivity contribution >= 4 is 28.4 Å². The third kappa shape index (κ3) is 8.27. The van der Waals surface area contributed by atoms with Crippen LogP contribution in [0.5, 0.6) is 5.75 Å². The van der Waals surface area contributed by atoms with Crippen LogP contribution in [0.2, 0.25) is 0 Å². The quantitative estimate of drug-likeness (QED) is 0.302. The number of unbranched alkanes of at least 4 members (excludes halogenated alkanes) is 1. The van der Waals surface area contributed by atoms with Crippen molar-refractivity contribution in [1.82, 2.24) is 19.2 Å². The van der Waals surface area contributed by atoms with Crippen molar-refractivity contribution in [3.05, 3.63) is 75.6 Å². The molecule has 2 N–H and O–H groups in total. The lowest BCUT2D eigenvalue weighted by Crippen LogP contribution is -2.46. The van der Waals surface area contributed by atoms with Gasteiger partial charge in [-0.2, -0.15) is 5.10 Å². The van der Waals surface area contributed by atoms with Crippen LogP contribution in [0.4, 0.5) is 5.69 Å². The van der Waals surface area contributed by atoms with Crippen LogP contribution >= 0.6 is 0 Å². The monoisotopic (exact) mass is 539 g/mol. The van der Waals surface area contributed by atoms with E-state index in [1.807, 2.05) is 6.07 Å². The molecule has 2 heterocycles. The summed E-state index contributed by atoms with van der Waals surface area (Å²) >= 11 is 0. The van der Waals surface area contributed by atoms with Crippen LogP contribution in [-0.4, -0.2) is 81.2 Å². The minimum Gasteiger partial charge on any atom is -0.497 e. The number of anilines is 1. The topological polar surface area (TPSA) is 147 Å². The molecule has 1 fully saturated rings. The molecule has 0 spiro atoms. The summed E-state index contributed by atoms with van der Waals surface area (Å²) in [5.41, 5.74) is 0.535. The number of nitrogens with zero attached hydrogens (tertiary/aromatic N) is 5. The number of ether oxygens (including phenoxy) is 1. The van der Waals surface area contributed by atoms with E-state index < -0.39 is 11.9 Å². The van der Waals surface area contributed by atoms with Gasteiger partial charge in [-0.25, -0.2) is 19.1 Å². The van der Waals surface area contributed by atoms with Gasteiger partial charge in [-0.1, -0.05) is 18.2 Å². The summed E-state index contributed by atoms with van der Waals surface area (Å²) in [5, 5.41) is 22.0. The van der Waals surface area contributed by atoms with Crippen LogP contribution in [0.1, 0.15) is 12.8 Å². The lowest BCUT2D eigenvalue weighted by Gasteiger charge is -2.36. The van der Waals surface area contributed by atoms with Gasteiger partial charge in [-0.3, -0.25) is 14.3 Å². The van der Waals surface area contributed by atoms with Gasteiger partial charge in [0.05, 0.1) is 7.11 Å². The number of carbonyl (C=O) groups is 2. The maximum absolute atomic E-state index is 12.0. The number of piperazine rings is 1. The van der Waals surface area contributed by atoms with Gasteiger partial charge in [-0.05, 0) is 43.0 Å². The zero-order valence-electron chi connectivity index (χ0n) is 22.0. The number of rotatable bonds is 9. The number of aromatic nitrogens is 3. The molecule has 0 atom stereocenters. The van der Waals surface area contributed by atoms with Crippen LogP contribution in [0.15, 0.2) is 64.3 Å². The second kappa shape index (κ2) is 13.9. The normalized spacial score (nSPS) is 13.7. The van der Waals surface area contributed by atoms with Gasteiger partial charge >= 0.3 is 17.6 Å². The molecule has 1 saturated heterocycles. The molecular weight excluding hydrogens is 506 g/mol. The zero-order valence-corrected chi connectivity index (χ0v) is 22.0. The molecule has 0 radical (unpaired) electrons. The van der Waals surface area contributed by atoms with Gasteiger partial charge in [0.25, 0.3) is 5.56 Å². The first kappa shape index (κ1) is 29.1. The molecule has 0 aliphatic carbocycles. The third-order valence-electron chi connectivity index (χ3n) is 6.39. The summed E-state index contributed by atoms with van der Waals surface area (Å²) in [5.74, 6) is -1.63. The maximum Gasteiger partial charge on any atom is 0.347 e. The highest BCUT2D eigenvalue weighted by molar-refractivity contribution is 5.95. The molecule has 2 aromatic carbocycles. The Labute approximate surface area is 225 Å². The number of fused-ring (bicyclic) bond motifs is 1. The average molecular weight is 540 g/mol. The summed E-state index contributed by atoms with van der Waals surface area (Å²) < 4.78 is 7.88. The summed E-state index contributed by atoms with van der Waals surface area (Å²) in [6.07, 6.45) is 4.16. The van der Waals surface area contributed by atoms with Crippen LogP contribution in [0.3, 0.4) is 0 Å². The predicted molar refractivity (Wildman–Crippen MR) is 147 cm³/mol. The van der Waals surface area contributed by atoms with E-state index in [1.165, 1.54) is 34.4 Å². The van der Waals surface area contributed by atoms with Gasteiger partial charge in [0, 0.05) is 63.0 Å². The second-order valence-corrected chi connectivity index (χ2v) is 8.96. The number of carboxylic acids is 2. The Balaban J connectivity index is 0.000000459. The molecular formula is C27H33N5O7. The number of aliphatic carboxylic acids is 2. The molecule has 1 aliphatic heterocycles. The largest absolute Gasteiger partial charge is 0.497 e. The van der Waals surface area contributed by atoms with Crippen LogP contribution in [-0.2, 0) is 23.2 Å². The van der Waals surface area contributed by atoms with Gasteiger partial charge in [0.2, 0.25) is 0 Å². The minimum atomic E-state index is -1.26. The Kier molecular flexibility index (Phi) is 10.4. The molecule has 1 aliphatic rings. The number of hydrogen-bond acceptors (Lipinski definition) is 8. The minimum absolute atomic E-state index is 0.354. The van der Waals surface area contributed by atoms with Gasteiger partial charge in [0.1, 0.15) is 11.9 Å². The molecule has 12 nitrogen and oxygen atoms in total. The fraction of sp³-hybridized carbons (Fsp3) is 0.370. The van der Waals surface area contributed by atoms with Crippen molar-refractivity contribution in [2.75, 3.05) is 44.7 Å².